The molecular formula is C19H21F2S+. The van der Waals surface area contributed by atoms with Gasteiger partial charge in [-0.3, -0.25) is 0 Å². The Balaban J connectivity index is 2.00. The number of hydrogen-bond acceptors (Lipinski definition) is 0. The molecule has 2 aromatic rings. The maximum absolute atomic E-state index is 13.2. The predicted molar refractivity (Wildman–Crippen MR) is 91.6 cm³/mol. The SMILES string of the molecule is Cc1ccc([S+](C)CC(CCc2ccccc2)=C(F)F)cc1. The molecular weight excluding hydrogens is 298 g/mol. The molecule has 0 nitrogen and oxygen atoms in total. The molecule has 0 saturated carbocycles. The summed E-state index contributed by atoms with van der Waals surface area (Å²) in [5.74, 6) is 0.443. The van der Waals surface area contributed by atoms with Gasteiger partial charge in [-0.25, -0.2) is 0 Å². The molecule has 0 radical (unpaired) electrons. The van der Waals surface area contributed by atoms with Gasteiger partial charge in [0.25, 0.3) is 6.08 Å². The molecule has 0 spiro atoms. The van der Waals surface area contributed by atoms with Crippen molar-refractivity contribution in [1.82, 2.24) is 0 Å². The van der Waals surface area contributed by atoms with Crippen molar-refractivity contribution < 1.29 is 8.78 Å². The molecule has 0 aliphatic carbocycles. The van der Waals surface area contributed by atoms with Crippen molar-refractivity contribution in [2.45, 2.75) is 24.7 Å². The predicted octanol–water partition coefficient (Wildman–Crippen LogP) is 5.39. The first-order valence-corrected chi connectivity index (χ1v) is 9.12. The summed E-state index contributed by atoms with van der Waals surface area (Å²) in [5.41, 5.74) is 2.58. The summed E-state index contributed by atoms with van der Waals surface area (Å²) >= 11 is 0. The highest BCUT2D eigenvalue weighted by atomic mass is 32.2. The zero-order valence-corrected chi connectivity index (χ0v) is 13.8. The molecule has 1 unspecified atom stereocenters. The Hall–Kier alpha value is -1.61. The topological polar surface area (TPSA) is 0 Å². The number of rotatable bonds is 6. The van der Waals surface area contributed by atoms with Gasteiger partial charge in [0.05, 0.1) is 0 Å². The number of hydrogen-bond donors (Lipinski definition) is 0. The minimum absolute atomic E-state index is 0.188. The standard InChI is InChI=1S/C19H21F2S/c1-15-8-12-18(13-9-15)22(2)14-17(19(20)21)11-10-16-6-4-3-5-7-16/h3-9,12-13H,10-11,14H2,1-2H3/q+1. The van der Waals surface area contributed by atoms with Crippen LogP contribution < -0.4 is 0 Å². The molecule has 0 fully saturated rings. The van der Waals surface area contributed by atoms with Crippen molar-refractivity contribution in [3.05, 3.63) is 77.4 Å². The molecule has 2 aromatic carbocycles. The molecule has 0 aliphatic rings. The summed E-state index contributed by atoms with van der Waals surface area (Å²) in [4.78, 5) is 1.14. The quantitative estimate of drug-likeness (QED) is 0.627. The van der Waals surface area contributed by atoms with Crippen molar-refractivity contribution in [3.63, 3.8) is 0 Å². The molecule has 0 N–H and O–H groups in total. The Kier molecular flexibility index (Phi) is 6.20. The van der Waals surface area contributed by atoms with E-state index in [1.54, 1.807) is 0 Å². The Morgan fingerprint density at radius 2 is 1.59 bits per heavy atom. The van der Waals surface area contributed by atoms with Crippen LogP contribution in [0.2, 0.25) is 0 Å². The van der Waals surface area contributed by atoms with Crippen LogP contribution in [0.25, 0.3) is 0 Å². The van der Waals surface area contributed by atoms with Gasteiger partial charge in [-0.15, -0.1) is 0 Å². The van der Waals surface area contributed by atoms with E-state index in [1.165, 1.54) is 5.56 Å². The monoisotopic (exact) mass is 319 g/mol. The van der Waals surface area contributed by atoms with E-state index in [-0.39, 0.29) is 16.5 Å². The zero-order chi connectivity index (χ0) is 15.9. The highest BCUT2D eigenvalue weighted by Gasteiger charge is 2.20. The number of halogens is 2. The van der Waals surface area contributed by atoms with E-state index >= 15 is 0 Å². The largest absolute Gasteiger partial charge is 0.274 e. The van der Waals surface area contributed by atoms with E-state index in [1.807, 2.05) is 67.8 Å². The minimum atomic E-state index is -1.51. The minimum Gasteiger partial charge on any atom is -0.173 e. The fourth-order valence-corrected chi connectivity index (χ4v) is 3.82. The van der Waals surface area contributed by atoms with Crippen LogP contribution in [0.15, 0.2) is 71.1 Å². The van der Waals surface area contributed by atoms with Crippen LogP contribution in [0.1, 0.15) is 17.5 Å². The third-order valence-electron chi connectivity index (χ3n) is 3.64. The smallest absolute Gasteiger partial charge is 0.173 e. The highest BCUT2D eigenvalue weighted by Crippen LogP contribution is 2.22. The third-order valence-corrected chi connectivity index (χ3v) is 5.50. The molecule has 0 aliphatic heterocycles. The van der Waals surface area contributed by atoms with E-state index in [0.29, 0.717) is 18.6 Å². The molecule has 116 valence electrons. The second-order valence-electron chi connectivity index (χ2n) is 5.44. The van der Waals surface area contributed by atoms with E-state index in [4.69, 9.17) is 0 Å². The second-order valence-corrected chi connectivity index (χ2v) is 7.48. The van der Waals surface area contributed by atoms with Gasteiger partial charge in [-0.05, 0) is 37.5 Å². The van der Waals surface area contributed by atoms with Gasteiger partial charge in [0.15, 0.2) is 4.90 Å². The van der Waals surface area contributed by atoms with E-state index in [2.05, 4.69) is 0 Å². The summed E-state index contributed by atoms with van der Waals surface area (Å²) in [6, 6.07) is 18.0. The van der Waals surface area contributed by atoms with Crippen LogP contribution in [-0.2, 0) is 17.3 Å². The Morgan fingerprint density at radius 3 is 2.18 bits per heavy atom. The molecule has 3 heteroatoms. The van der Waals surface area contributed by atoms with Gasteiger partial charge in [-0.1, -0.05) is 48.0 Å². The summed E-state index contributed by atoms with van der Waals surface area (Å²) in [7, 11) is -0.188. The lowest BCUT2D eigenvalue weighted by Gasteiger charge is -2.07. The molecule has 2 rings (SSSR count). The first-order chi connectivity index (χ1) is 10.6. The van der Waals surface area contributed by atoms with E-state index in [9.17, 15) is 8.78 Å². The Labute approximate surface area is 134 Å². The first kappa shape index (κ1) is 16.8. The van der Waals surface area contributed by atoms with Gasteiger partial charge in [-0.2, -0.15) is 8.78 Å². The Bertz CT molecular complexity index is 614. The summed E-state index contributed by atoms with van der Waals surface area (Å²) in [6.07, 6.45) is 1.62. The van der Waals surface area contributed by atoms with E-state index in [0.717, 1.165) is 10.5 Å². The number of benzene rings is 2. The average Bonchev–Trinajstić information content (AvgIpc) is 2.52. The van der Waals surface area contributed by atoms with Crippen molar-refractivity contribution >= 4 is 10.9 Å². The average molecular weight is 319 g/mol. The Morgan fingerprint density at radius 1 is 0.955 bits per heavy atom. The van der Waals surface area contributed by atoms with Gasteiger partial charge in [0.2, 0.25) is 0 Å². The van der Waals surface area contributed by atoms with Crippen molar-refractivity contribution in [1.29, 1.82) is 0 Å². The normalized spacial score (nSPS) is 12.0. The summed E-state index contributed by atoms with van der Waals surface area (Å²) in [6.45, 7) is 2.03. The molecule has 0 saturated heterocycles. The maximum atomic E-state index is 13.2. The molecule has 1 atom stereocenters. The maximum Gasteiger partial charge on any atom is 0.274 e. The van der Waals surface area contributed by atoms with Crippen LogP contribution in [0, 0.1) is 6.92 Å². The van der Waals surface area contributed by atoms with Gasteiger partial charge in [0, 0.05) is 16.5 Å². The lowest BCUT2D eigenvalue weighted by Crippen LogP contribution is -2.09. The summed E-state index contributed by atoms with van der Waals surface area (Å²) < 4.78 is 26.5. The van der Waals surface area contributed by atoms with Crippen molar-refractivity contribution in [2.75, 3.05) is 12.0 Å². The van der Waals surface area contributed by atoms with Crippen molar-refractivity contribution in [3.8, 4) is 0 Å². The van der Waals surface area contributed by atoms with Crippen LogP contribution >= 0.6 is 0 Å². The third kappa shape index (κ3) is 4.99. The van der Waals surface area contributed by atoms with Crippen LogP contribution in [-0.4, -0.2) is 12.0 Å². The molecule has 22 heavy (non-hydrogen) atoms. The fourth-order valence-electron chi connectivity index (χ4n) is 2.28. The molecule has 0 heterocycles. The highest BCUT2D eigenvalue weighted by molar-refractivity contribution is 7.96. The van der Waals surface area contributed by atoms with Gasteiger partial charge >= 0.3 is 0 Å². The second kappa shape index (κ2) is 8.14. The molecule has 0 bridgehead atoms. The lowest BCUT2D eigenvalue weighted by molar-refractivity contribution is 0.408. The van der Waals surface area contributed by atoms with Crippen LogP contribution in [0.3, 0.4) is 0 Å². The molecule has 0 aromatic heterocycles. The number of aryl methyl sites for hydroxylation is 2. The fraction of sp³-hybridized carbons (Fsp3) is 0.263. The molecule has 0 amide bonds. The zero-order valence-electron chi connectivity index (χ0n) is 13.0. The van der Waals surface area contributed by atoms with Crippen LogP contribution in [0.4, 0.5) is 8.78 Å². The van der Waals surface area contributed by atoms with Gasteiger partial charge < -0.3 is 0 Å². The van der Waals surface area contributed by atoms with E-state index < -0.39 is 6.08 Å². The first-order valence-electron chi connectivity index (χ1n) is 7.32. The van der Waals surface area contributed by atoms with Crippen LogP contribution in [0.5, 0.6) is 0 Å². The lowest BCUT2D eigenvalue weighted by atomic mass is 10.1. The summed E-state index contributed by atoms with van der Waals surface area (Å²) in [5, 5.41) is 0. The van der Waals surface area contributed by atoms with Crippen molar-refractivity contribution in [2.24, 2.45) is 0 Å². The van der Waals surface area contributed by atoms with Gasteiger partial charge in [0.1, 0.15) is 12.0 Å².